The third-order valence-corrected chi connectivity index (χ3v) is 4.76. The van der Waals surface area contributed by atoms with Crippen molar-refractivity contribution >= 4 is 17.5 Å². The van der Waals surface area contributed by atoms with Crippen molar-refractivity contribution in [1.29, 1.82) is 0 Å². The summed E-state index contributed by atoms with van der Waals surface area (Å²) in [6, 6.07) is 13.7. The number of rotatable bonds is 3. The van der Waals surface area contributed by atoms with Gasteiger partial charge in [-0.25, -0.2) is 0 Å². The fourth-order valence-electron chi connectivity index (χ4n) is 2.34. The van der Waals surface area contributed by atoms with Gasteiger partial charge in [0.05, 0.1) is 10.5 Å². The molecule has 0 aromatic heterocycles. The normalized spacial score (nSPS) is 17.5. The van der Waals surface area contributed by atoms with Crippen LogP contribution in [-0.2, 0) is 0 Å². The van der Waals surface area contributed by atoms with Crippen molar-refractivity contribution in [3.63, 3.8) is 0 Å². The topological polar surface area (TPSA) is 57.5 Å². The lowest BCUT2D eigenvalue weighted by molar-refractivity contribution is 0.104. The molecule has 2 aromatic rings. The summed E-state index contributed by atoms with van der Waals surface area (Å²) >= 11 is 1.47. The minimum absolute atomic E-state index is 0.00445. The Labute approximate surface area is 126 Å². The van der Waals surface area contributed by atoms with Gasteiger partial charge in [0.1, 0.15) is 11.5 Å². The van der Waals surface area contributed by atoms with Crippen LogP contribution in [0.25, 0.3) is 0 Å². The Morgan fingerprint density at radius 2 is 1.90 bits per heavy atom. The minimum atomic E-state index is -0.152. The van der Waals surface area contributed by atoms with E-state index in [4.69, 9.17) is 0 Å². The van der Waals surface area contributed by atoms with E-state index in [9.17, 15) is 15.0 Å². The molecule has 1 atom stereocenters. The third-order valence-electron chi connectivity index (χ3n) is 3.40. The van der Waals surface area contributed by atoms with Gasteiger partial charge in [0, 0.05) is 5.25 Å². The number of phenols is 2. The molecule has 1 aliphatic heterocycles. The first-order chi connectivity index (χ1) is 10.1. The van der Waals surface area contributed by atoms with E-state index in [1.54, 1.807) is 36.4 Å². The van der Waals surface area contributed by atoms with E-state index in [1.807, 2.05) is 12.1 Å². The quantitative estimate of drug-likeness (QED) is 0.840. The molecular formula is C17H14O3S. The molecule has 4 heteroatoms. The van der Waals surface area contributed by atoms with E-state index in [2.05, 4.69) is 0 Å². The van der Waals surface area contributed by atoms with Crippen LogP contribution in [0.2, 0.25) is 0 Å². The highest BCUT2D eigenvalue weighted by molar-refractivity contribution is 8.04. The summed E-state index contributed by atoms with van der Waals surface area (Å²) < 4.78 is 0. The van der Waals surface area contributed by atoms with Gasteiger partial charge in [-0.2, -0.15) is 0 Å². The lowest BCUT2D eigenvalue weighted by atomic mass is 10.1. The Bertz CT molecular complexity index is 721. The first-order valence-corrected chi connectivity index (χ1v) is 7.51. The molecule has 1 heterocycles. The summed E-state index contributed by atoms with van der Waals surface area (Å²) in [6.07, 6.45) is 2.64. The Morgan fingerprint density at radius 1 is 1.10 bits per heavy atom. The number of carbonyl (C=O) groups excluding carboxylic acids is 1. The number of thioether (sulfide) groups is 1. The molecule has 21 heavy (non-hydrogen) atoms. The smallest absolute Gasteiger partial charge is 0.202 e. The number of Topliss-reactive ketones (excluding diaryl/α,β-unsaturated/α-hetero) is 1. The standard InChI is InChI=1S/C17H14O3S/c18-12-5-3-4-11(10-12)15-8-9-16(21-15)17(20)13-6-1-2-7-14(13)19/h1-7,9-10,15,18-19H,8H2. The van der Waals surface area contributed by atoms with Crippen LogP contribution in [0.15, 0.2) is 59.5 Å². The van der Waals surface area contributed by atoms with Crippen LogP contribution in [0.5, 0.6) is 11.5 Å². The van der Waals surface area contributed by atoms with Crippen LogP contribution >= 0.6 is 11.8 Å². The number of benzene rings is 2. The maximum absolute atomic E-state index is 12.4. The van der Waals surface area contributed by atoms with Crippen molar-refractivity contribution in [3.05, 3.63) is 70.6 Å². The predicted octanol–water partition coefficient (Wildman–Crippen LogP) is 4.04. The maximum Gasteiger partial charge on any atom is 0.202 e. The van der Waals surface area contributed by atoms with Crippen molar-refractivity contribution in [3.8, 4) is 11.5 Å². The van der Waals surface area contributed by atoms with E-state index in [0.717, 1.165) is 12.0 Å². The fourth-order valence-corrected chi connectivity index (χ4v) is 3.53. The largest absolute Gasteiger partial charge is 0.508 e. The lowest BCUT2D eigenvalue weighted by Gasteiger charge is -2.10. The monoisotopic (exact) mass is 298 g/mol. The van der Waals surface area contributed by atoms with Crippen LogP contribution in [0.4, 0.5) is 0 Å². The van der Waals surface area contributed by atoms with Gasteiger partial charge in [0.15, 0.2) is 0 Å². The zero-order chi connectivity index (χ0) is 14.8. The van der Waals surface area contributed by atoms with Crippen molar-refractivity contribution in [2.75, 3.05) is 0 Å². The fraction of sp³-hybridized carbons (Fsp3) is 0.118. The number of ketones is 1. The molecule has 106 valence electrons. The second kappa shape index (κ2) is 5.66. The number of aromatic hydroxyl groups is 2. The van der Waals surface area contributed by atoms with Crippen molar-refractivity contribution < 1.29 is 15.0 Å². The summed E-state index contributed by atoms with van der Waals surface area (Å²) in [6.45, 7) is 0. The second-order valence-electron chi connectivity index (χ2n) is 4.85. The molecule has 2 N–H and O–H groups in total. The number of phenolic OH excluding ortho intramolecular Hbond substituents is 2. The molecular weight excluding hydrogens is 284 g/mol. The number of allylic oxidation sites excluding steroid dienone is 2. The van der Waals surface area contributed by atoms with E-state index >= 15 is 0 Å². The summed E-state index contributed by atoms with van der Waals surface area (Å²) in [5, 5.41) is 19.4. The van der Waals surface area contributed by atoms with E-state index in [-0.39, 0.29) is 22.5 Å². The molecule has 0 saturated carbocycles. The second-order valence-corrected chi connectivity index (χ2v) is 6.10. The number of hydrogen-bond donors (Lipinski definition) is 2. The van der Waals surface area contributed by atoms with Crippen LogP contribution < -0.4 is 0 Å². The van der Waals surface area contributed by atoms with Gasteiger partial charge in [-0.15, -0.1) is 11.8 Å². The van der Waals surface area contributed by atoms with Crippen LogP contribution in [-0.4, -0.2) is 16.0 Å². The molecule has 0 bridgehead atoms. The molecule has 0 fully saturated rings. The van der Waals surface area contributed by atoms with Gasteiger partial charge >= 0.3 is 0 Å². The lowest BCUT2D eigenvalue weighted by Crippen LogP contribution is -2.00. The molecule has 0 spiro atoms. The van der Waals surface area contributed by atoms with Gasteiger partial charge in [0.2, 0.25) is 5.78 Å². The van der Waals surface area contributed by atoms with Crippen LogP contribution in [0.1, 0.15) is 27.6 Å². The van der Waals surface area contributed by atoms with Gasteiger partial charge in [0.25, 0.3) is 0 Å². The van der Waals surface area contributed by atoms with Gasteiger partial charge in [-0.1, -0.05) is 30.3 Å². The highest BCUT2D eigenvalue weighted by Crippen LogP contribution is 2.45. The molecule has 3 nitrogen and oxygen atoms in total. The van der Waals surface area contributed by atoms with Crippen LogP contribution in [0.3, 0.4) is 0 Å². The average molecular weight is 298 g/mol. The van der Waals surface area contributed by atoms with Crippen molar-refractivity contribution in [2.45, 2.75) is 11.7 Å². The Balaban J connectivity index is 1.78. The first-order valence-electron chi connectivity index (χ1n) is 6.63. The SMILES string of the molecule is O=C(C1=CCC(c2cccc(O)c2)S1)c1ccccc1O. The molecule has 2 aromatic carbocycles. The Hall–Kier alpha value is -2.20. The minimum Gasteiger partial charge on any atom is -0.508 e. The first kappa shape index (κ1) is 13.8. The number of carbonyl (C=O) groups is 1. The van der Waals surface area contributed by atoms with E-state index in [1.165, 1.54) is 17.8 Å². The third kappa shape index (κ3) is 2.81. The van der Waals surface area contributed by atoms with Gasteiger partial charge in [-0.05, 0) is 36.2 Å². The molecule has 0 radical (unpaired) electrons. The summed E-state index contributed by atoms with van der Waals surface area (Å²) in [7, 11) is 0. The Morgan fingerprint density at radius 3 is 2.67 bits per heavy atom. The predicted molar refractivity (Wildman–Crippen MR) is 83.6 cm³/mol. The highest BCUT2D eigenvalue weighted by Gasteiger charge is 2.26. The van der Waals surface area contributed by atoms with Crippen molar-refractivity contribution in [1.82, 2.24) is 0 Å². The summed E-state index contributed by atoms with van der Waals surface area (Å²) in [5.74, 6) is 0.0825. The number of hydrogen-bond acceptors (Lipinski definition) is 4. The summed E-state index contributed by atoms with van der Waals surface area (Å²) in [5.41, 5.74) is 1.32. The molecule has 3 rings (SSSR count). The Kier molecular flexibility index (Phi) is 3.71. The number of para-hydroxylation sites is 1. The summed E-state index contributed by atoms with van der Waals surface area (Å²) in [4.78, 5) is 13.1. The molecule has 1 unspecified atom stereocenters. The molecule has 0 saturated heterocycles. The maximum atomic E-state index is 12.4. The zero-order valence-corrected chi connectivity index (χ0v) is 12.0. The van der Waals surface area contributed by atoms with Crippen LogP contribution in [0, 0.1) is 0 Å². The van der Waals surface area contributed by atoms with Crippen molar-refractivity contribution in [2.24, 2.45) is 0 Å². The highest BCUT2D eigenvalue weighted by atomic mass is 32.2. The molecule has 0 amide bonds. The zero-order valence-electron chi connectivity index (χ0n) is 11.2. The van der Waals surface area contributed by atoms with Gasteiger partial charge in [-0.3, -0.25) is 4.79 Å². The molecule has 1 aliphatic rings. The average Bonchev–Trinajstić information content (AvgIpc) is 2.97. The van der Waals surface area contributed by atoms with E-state index in [0.29, 0.717) is 10.5 Å². The van der Waals surface area contributed by atoms with Gasteiger partial charge < -0.3 is 10.2 Å². The van der Waals surface area contributed by atoms with E-state index < -0.39 is 0 Å². The molecule has 0 aliphatic carbocycles.